The van der Waals surface area contributed by atoms with Gasteiger partial charge in [-0.3, -0.25) is 9.55 Å². The molecule has 0 aliphatic carbocycles. The first kappa shape index (κ1) is 10.3. The summed E-state index contributed by atoms with van der Waals surface area (Å²) < 4.78 is 2.15. The van der Waals surface area contributed by atoms with Gasteiger partial charge in [0.25, 0.3) is 0 Å². The van der Waals surface area contributed by atoms with E-state index in [0.717, 1.165) is 27.8 Å². The first-order valence-electron chi connectivity index (χ1n) is 6.21. The molecule has 0 N–H and O–H groups in total. The van der Waals surface area contributed by atoms with Crippen LogP contribution in [0.2, 0.25) is 0 Å². The maximum Gasteiger partial charge on any atom is 0.137 e. The number of hydrogen-bond donors (Lipinski definition) is 0. The molecule has 3 heteroatoms. The van der Waals surface area contributed by atoms with Crippen LogP contribution in [-0.4, -0.2) is 14.5 Å². The Labute approximate surface area is 110 Å². The average Bonchev–Trinajstić information content (AvgIpc) is 2.83. The maximum absolute atomic E-state index is 4.51. The molecule has 4 rings (SSSR count). The molecule has 0 spiro atoms. The van der Waals surface area contributed by atoms with Crippen molar-refractivity contribution in [1.82, 2.24) is 14.5 Å². The van der Waals surface area contributed by atoms with Gasteiger partial charge in [-0.05, 0) is 30.3 Å². The summed E-state index contributed by atoms with van der Waals surface area (Å²) in [4.78, 5) is 8.96. The molecule has 0 aliphatic rings. The van der Waals surface area contributed by atoms with Crippen molar-refractivity contribution in [3.63, 3.8) is 0 Å². The number of rotatable bonds is 1. The normalized spacial score (nSPS) is 11.2. The standard InChI is InChI=1S/C16H11N3/c1-2-7-13-12(6-1)16-14(8-5-11-18-16)19(13)15-9-3-4-10-17-15/h1-11H. The Morgan fingerprint density at radius 3 is 2.37 bits per heavy atom. The molecule has 4 aromatic rings. The van der Waals surface area contributed by atoms with E-state index in [4.69, 9.17) is 0 Å². The van der Waals surface area contributed by atoms with Gasteiger partial charge in [0.2, 0.25) is 0 Å². The Morgan fingerprint density at radius 1 is 0.684 bits per heavy atom. The number of para-hydroxylation sites is 1. The molecule has 90 valence electrons. The van der Waals surface area contributed by atoms with E-state index in [1.54, 1.807) is 0 Å². The van der Waals surface area contributed by atoms with Crippen molar-refractivity contribution in [2.75, 3.05) is 0 Å². The summed E-state index contributed by atoms with van der Waals surface area (Å²) in [7, 11) is 0. The van der Waals surface area contributed by atoms with Crippen molar-refractivity contribution >= 4 is 21.9 Å². The van der Waals surface area contributed by atoms with Gasteiger partial charge in [0.1, 0.15) is 5.82 Å². The number of nitrogens with zero attached hydrogens (tertiary/aromatic N) is 3. The van der Waals surface area contributed by atoms with Crippen LogP contribution >= 0.6 is 0 Å². The Morgan fingerprint density at radius 2 is 1.47 bits per heavy atom. The van der Waals surface area contributed by atoms with Crippen LogP contribution in [0.5, 0.6) is 0 Å². The van der Waals surface area contributed by atoms with Crippen LogP contribution in [0, 0.1) is 0 Å². The lowest BCUT2D eigenvalue weighted by Crippen LogP contribution is -1.95. The predicted molar refractivity (Wildman–Crippen MR) is 76.4 cm³/mol. The first-order valence-corrected chi connectivity index (χ1v) is 6.21. The van der Waals surface area contributed by atoms with Crippen LogP contribution in [-0.2, 0) is 0 Å². The van der Waals surface area contributed by atoms with E-state index in [9.17, 15) is 0 Å². The van der Waals surface area contributed by atoms with Gasteiger partial charge in [-0.25, -0.2) is 4.98 Å². The molecule has 3 aromatic heterocycles. The first-order chi connectivity index (χ1) is 9.45. The molecule has 0 bridgehead atoms. The van der Waals surface area contributed by atoms with Crippen molar-refractivity contribution in [2.45, 2.75) is 0 Å². The smallest absolute Gasteiger partial charge is 0.137 e. The van der Waals surface area contributed by atoms with Crippen LogP contribution in [0.4, 0.5) is 0 Å². The zero-order chi connectivity index (χ0) is 12.7. The molecule has 3 nitrogen and oxygen atoms in total. The van der Waals surface area contributed by atoms with E-state index in [2.05, 4.69) is 32.7 Å². The summed E-state index contributed by atoms with van der Waals surface area (Å²) >= 11 is 0. The molecule has 0 fully saturated rings. The van der Waals surface area contributed by atoms with Gasteiger partial charge < -0.3 is 0 Å². The van der Waals surface area contributed by atoms with Gasteiger partial charge in [-0.15, -0.1) is 0 Å². The van der Waals surface area contributed by atoms with Crippen molar-refractivity contribution in [2.24, 2.45) is 0 Å². The van der Waals surface area contributed by atoms with E-state index < -0.39 is 0 Å². The molecule has 19 heavy (non-hydrogen) atoms. The second-order valence-electron chi connectivity index (χ2n) is 4.41. The summed E-state index contributed by atoms with van der Waals surface area (Å²) in [6.45, 7) is 0. The van der Waals surface area contributed by atoms with E-state index in [-0.39, 0.29) is 0 Å². The number of pyridine rings is 2. The fourth-order valence-electron chi connectivity index (χ4n) is 2.52. The Hall–Kier alpha value is -2.68. The zero-order valence-electron chi connectivity index (χ0n) is 10.2. The van der Waals surface area contributed by atoms with Crippen molar-refractivity contribution < 1.29 is 0 Å². The highest BCUT2D eigenvalue weighted by Crippen LogP contribution is 2.29. The summed E-state index contributed by atoms with van der Waals surface area (Å²) in [6, 6.07) is 18.3. The minimum Gasteiger partial charge on any atom is -0.292 e. The molecule has 0 aliphatic heterocycles. The quantitative estimate of drug-likeness (QED) is 0.513. The van der Waals surface area contributed by atoms with Gasteiger partial charge in [0, 0.05) is 17.8 Å². The Bertz CT molecular complexity index is 810. The maximum atomic E-state index is 4.51. The van der Waals surface area contributed by atoms with Crippen LogP contribution < -0.4 is 0 Å². The zero-order valence-corrected chi connectivity index (χ0v) is 10.2. The Balaban J connectivity index is 2.24. The van der Waals surface area contributed by atoms with Crippen molar-refractivity contribution in [3.8, 4) is 5.82 Å². The second-order valence-corrected chi connectivity index (χ2v) is 4.41. The summed E-state index contributed by atoms with van der Waals surface area (Å²) in [5.74, 6) is 0.918. The van der Waals surface area contributed by atoms with Crippen molar-refractivity contribution in [3.05, 3.63) is 67.0 Å². The molecule has 1 aromatic carbocycles. The predicted octanol–water partition coefficient (Wildman–Crippen LogP) is 3.57. The molecule has 0 saturated carbocycles. The molecular formula is C16H11N3. The number of aromatic nitrogens is 3. The summed E-state index contributed by atoms with van der Waals surface area (Å²) in [6.07, 6.45) is 3.64. The number of benzene rings is 1. The topological polar surface area (TPSA) is 30.7 Å². The number of fused-ring (bicyclic) bond motifs is 3. The monoisotopic (exact) mass is 245 g/mol. The lowest BCUT2D eigenvalue weighted by molar-refractivity contribution is 1.08. The largest absolute Gasteiger partial charge is 0.292 e. The van der Waals surface area contributed by atoms with Crippen LogP contribution in [0.15, 0.2) is 67.0 Å². The lowest BCUT2D eigenvalue weighted by Gasteiger charge is -2.05. The highest BCUT2D eigenvalue weighted by Gasteiger charge is 2.12. The summed E-state index contributed by atoms with van der Waals surface area (Å²) in [5.41, 5.74) is 3.24. The van der Waals surface area contributed by atoms with Crippen LogP contribution in [0.3, 0.4) is 0 Å². The molecule has 0 atom stereocenters. The fraction of sp³-hybridized carbons (Fsp3) is 0. The van der Waals surface area contributed by atoms with Gasteiger partial charge >= 0.3 is 0 Å². The summed E-state index contributed by atoms with van der Waals surface area (Å²) in [5, 5.41) is 1.16. The number of hydrogen-bond acceptors (Lipinski definition) is 2. The molecule has 3 heterocycles. The SMILES string of the molecule is c1ccc(-n2c3ccccc3c3ncccc32)nc1. The fourth-order valence-corrected chi connectivity index (χ4v) is 2.52. The highest BCUT2D eigenvalue weighted by molar-refractivity contribution is 6.06. The average molecular weight is 245 g/mol. The molecule has 0 saturated heterocycles. The lowest BCUT2D eigenvalue weighted by atomic mass is 10.2. The van der Waals surface area contributed by atoms with Gasteiger partial charge in [-0.1, -0.05) is 24.3 Å². The van der Waals surface area contributed by atoms with Crippen LogP contribution in [0.25, 0.3) is 27.8 Å². The van der Waals surface area contributed by atoms with E-state index >= 15 is 0 Å². The molecular weight excluding hydrogens is 234 g/mol. The minimum absolute atomic E-state index is 0.918. The van der Waals surface area contributed by atoms with Crippen molar-refractivity contribution in [1.29, 1.82) is 0 Å². The van der Waals surface area contributed by atoms with E-state index in [1.165, 1.54) is 0 Å². The Kier molecular flexibility index (Phi) is 2.12. The third-order valence-electron chi connectivity index (χ3n) is 3.31. The third-order valence-corrected chi connectivity index (χ3v) is 3.31. The molecule has 0 radical (unpaired) electrons. The minimum atomic E-state index is 0.918. The molecule has 0 amide bonds. The van der Waals surface area contributed by atoms with Crippen LogP contribution in [0.1, 0.15) is 0 Å². The van der Waals surface area contributed by atoms with Gasteiger partial charge in [0.15, 0.2) is 0 Å². The van der Waals surface area contributed by atoms with Gasteiger partial charge in [-0.2, -0.15) is 0 Å². The van der Waals surface area contributed by atoms with Gasteiger partial charge in [0.05, 0.1) is 16.6 Å². The molecule has 0 unspecified atom stereocenters. The van der Waals surface area contributed by atoms with E-state index in [1.807, 2.05) is 48.8 Å². The highest BCUT2D eigenvalue weighted by atomic mass is 15.1. The second kappa shape index (κ2) is 3.92. The van der Waals surface area contributed by atoms with E-state index in [0.29, 0.717) is 0 Å². The third kappa shape index (κ3) is 1.45.